The van der Waals surface area contributed by atoms with Crippen LogP contribution in [0.25, 0.3) is 0 Å². The Morgan fingerprint density at radius 3 is 2.74 bits per heavy atom. The van der Waals surface area contributed by atoms with Crippen LogP contribution in [0.15, 0.2) is 12.3 Å². The molecule has 1 amide bonds. The lowest BCUT2D eigenvalue weighted by Crippen LogP contribution is -2.45. The Bertz CT molecular complexity index is 503. The second-order valence-corrected chi connectivity index (χ2v) is 5.48. The molecule has 0 spiro atoms. The Morgan fingerprint density at radius 1 is 1.47 bits per heavy atom. The minimum Gasteiger partial charge on any atom is -0.480 e. The first-order valence-electron chi connectivity index (χ1n) is 6.01. The zero-order valence-electron chi connectivity index (χ0n) is 11.2. The molecule has 0 aliphatic carbocycles. The molecule has 7 nitrogen and oxygen atoms in total. The summed E-state index contributed by atoms with van der Waals surface area (Å²) in [7, 11) is 0. The number of aliphatic carboxylic acids is 1. The average Bonchev–Trinajstić information content (AvgIpc) is 2.72. The molecule has 0 radical (unpaired) electrons. The highest BCUT2D eigenvalue weighted by Gasteiger charge is 2.34. The number of nitrogens with zero attached hydrogens (tertiary/aromatic N) is 3. The summed E-state index contributed by atoms with van der Waals surface area (Å²) >= 11 is 0. The summed E-state index contributed by atoms with van der Waals surface area (Å²) in [4.78, 5) is 24.6. The van der Waals surface area contributed by atoms with Crippen molar-refractivity contribution < 1.29 is 19.4 Å². The van der Waals surface area contributed by atoms with Crippen molar-refractivity contribution in [1.29, 1.82) is 0 Å². The molecule has 0 aromatic carbocycles. The fraction of sp³-hybridized carbons (Fsp3) is 0.583. The number of ether oxygens (including phenoxy) is 1. The van der Waals surface area contributed by atoms with Gasteiger partial charge in [0.1, 0.15) is 5.60 Å². The monoisotopic (exact) mass is 267 g/mol. The van der Waals surface area contributed by atoms with Gasteiger partial charge in [0.25, 0.3) is 0 Å². The van der Waals surface area contributed by atoms with E-state index in [4.69, 9.17) is 4.74 Å². The van der Waals surface area contributed by atoms with E-state index in [1.165, 1.54) is 15.8 Å². The van der Waals surface area contributed by atoms with Crippen LogP contribution in [0.5, 0.6) is 0 Å². The smallest absolute Gasteiger partial charge is 0.410 e. The number of carbonyl (C=O) groups is 2. The summed E-state index contributed by atoms with van der Waals surface area (Å²) in [5.41, 5.74) is 0.0811. The molecule has 0 saturated carbocycles. The van der Waals surface area contributed by atoms with Crippen molar-refractivity contribution in [1.82, 2.24) is 14.7 Å². The second kappa shape index (κ2) is 4.56. The number of hydrogen-bond acceptors (Lipinski definition) is 4. The summed E-state index contributed by atoms with van der Waals surface area (Å²) in [6.07, 6.45) is 1.02. The van der Waals surface area contributed by atoms with Gasteiger partial charge in [0, 0.05) is 6.20 Å². The highest BCUT2D eigenvalue weighted by atomic mass is 16.6. The first-order valence-corrected chi connectivity index (χ1v) is 6.01. The normalized spacial score (nSPS) is 18.9. The van der Waals surface area contributed by atoms with Gasteiger partial charge in [-0.2, -0.15) is 5.10 Å². The van der Waals surface area contributed by atoms with Crippen LogP contribution in [-0.4, -0.2) is 44.0 Å². The van der Waals surface area contributed by atoms with Gasteiger partial charge in [-0.25, -0.2) is 9.59 Å². The minimum atomic E-state index is -1.02. The molecule has 1 aliphatic rings. The van der Waals surface area contributed by atoms with Crippen LogP contribution < -0.4 is 0 Å². The highest BCUT2D eigenvalue weighted by Crippen LogP contribution is 2.22. The molecule has 0 bridgehead atoms. The van der Waals surface area contributed by atoms with E-state index in [-0.39, 0.29) is 6.54 Å². The molecule has 104 valence electrons. The average molecular weight is 267 g/mol. The molecule has 1 aliphatic heterocycles. The first kappa shape index (κ1) is 13.4. The topological polar surface area (TPSA) is 84.7 Å². The molecule has 0 saturated heterocycles. The van der Waals surface area contributed by atoms with Gasteiger partial charge in [-0.3, -0.25) is 9.58 Å². The maximum Gasteiger partial charge on any atom is 0.410 e. The van der Waals surface area contributed by atoms with Gasteiger partial charge in [0.2, 0.25) is 0 Å². The largest absolute Gasteiger partial charge is 0.480 e. The first-order chi connectivity index (χ1) is 8.78. The maximum absolute atomic E-state index is 12.0. The third-order valence-corrected chi connectivity index (χ3v) is 2.73. The highest BCUT2D eigenvalue weighted by molar-refractivity contribution is 5.75. The number of carboxylic acids is 1. The number of rotatable bonds is 1. The maximum atomic E-state index is 12.0. The molecule has 7 heteroatoms. The van der Waals surface area contributed by atoms with Gasteiger partial charge in [0.05, 0.1) is 18.8 Å². The van der Waals surface area contributed by atoms with Gasteiger partial charge in [-0.1, -0.05) is 0 Å². The van der Waals surface area contributed by atoms with Crippen LogP contribution in [0.1, 0.15) is 32.5 Å². The summed E-state index contributed by atoms with van der Waals surface area (Å²) in [5.74, 6) is -1.02. The van der Waals surface area contributed by atoms with Crippen LogP contribution >= 0.6 is 0 Å². The molecule has 1 aromatic rings. The third kappa shape index (κ3) is 2.86. The van der Waals surface area contributed by atoms with E-state index in [1.807, 2.05) is 0 Å². The molecule has 1 aromatic heterocycles. The summed E-state index contributed by atoms with van der Waals surface area (Å²) in [6.45, 7) is 5.67. The molecule has 19 heavy (non-hydrogen) atoms. The Labute approximate surface area is 110 Å². The van der Waals surface area contributed by atoms with E-state index < -0.39 is 23.7 Å². The van der Waals surface area contributed by atoms with Crippen LogP contribution in [0.3, 0.4) is 0 Å². The lowest BCUT2D eigenvalue weighted by Gasteiger charge is -2.33. The molecule has 0 fully saturated rings. The molecule has 2 rings (SSSR count). The van der Waals surface area contributed by atoms with Gasteiger partial charge < -0.3 is 9.84 Å². The summed E-state index contributed by atoms with van der Waals surface area (Å²) in [6, 6.07) is 0.832. The molecule has 1 atom stereocenters. The van der Waals surface area contributed by atoms with Crippen LogP contribution in [0, 0.1) is 0 Å². The fourth-order valence-corrected chi connectivity index (χ4v) is 1.94. The minimum absolute atomic E-state index is 0.0545. The fourth-order valence-electron chi connectivity index (χ4n) is 1.94. The van der Waals surface area contributed by atoms with E-state index in [9.17, 15) is 14.7 Å². The summed E-state index contributed by atoms with van der Waals surface area (Å²) in [5, 5.41) is 13.2. The van der Waals surface area contributed by atoms with Crippen LogP contribution in [-0.2, 0) is 16.1 Å². The Balaban J connectivity index is 2.19. The molecule has 1 unspecified atom stereocenters. The SMILES string of the molecule is CC(C)(C)OC(=O)N1Cc2ccnn2C(C(=O)O)C1. The van der Waals surface area contributed by atoms with Crippen molar-refractivity contribution in [3.63, 3.8) is 0 Å². The van der Waals surface area contributed by atoms with Crippen molar-refractivity contribution in [2.45, 2.75) is 39.0 Å². The zero-order valence-corrected chi connectivity index (χ0v) is 11.2. The number of hydrogen-bond donors (Lipinski definition) is 1. The van der Waals surface area contributed by atoms with Crippen molar-refractivity contribution >= 4 is 12.1 Å². The predicted octanol–water partition coefficient (Wildman–Crippen LogP) is 1.26. The Hall–Kier alpha value is -2.05. The lowest BCUT2D eigenvalue weighted by molar-refractivity contribution is -0.142. The molecule has 1 N–H and O–H groups in total. The van der Waals surface area contributed by atoms with Crippen molar-refractivity contribution in [3.8, 4) is 0 Å². The van der Waals surface area contributed by atoms with Gasteiger partial charge in [-0.15, -0.1) is 0 Å². The quantitative estimate of drug-likeness (QED) is 0.828. The Morgan fingerprint density at radius 2 is 2.16 bits per heavy atom. The van der Waals surface area contributed by atoms with E-state index in [0.29, 0.717) is 12.2 Å². The van der Waals surface area contributed by atoms with Gasteiger partial charge in [0.15, 0.2) is 6.04 Å². The Kier molecular flexibility index (Phi) is 3.21. The second-order valence-electron chi connectivity index (χ2n) is 5.48. The standard InChI is InChI=1S/C12H17N3O4/c1-12(2,3)19-11(18)14-6-8-4-5-13-15(8)9(7-14)10(16)17/h4-5,9H,6-7H2,1-3H3,(H,16,17). The number of amides is 1. The third-order valence-electron chi connectivity index (χ3n) is 2.73. The molecular formula is C12H17N3O4. The lowest BCUT2D eigenvalue weighted by atomic mass is 10.2. The van der Waals surface area contributed by atoms with E-state index in [0.717, 1.165) is 0 Å². The number of aromatic nitrogens is 2. The molecular weight excluding hydrogens is 250 g/mol. The number of fused-ring (bicyclic) bond motifs is 1. The van der Waals surface area contributed by atoms with E-state index in [2.05, 4.69) is 5.10 Å². The van der Waals surface area contributed by atoms with E-state index in [1.54, 1.807) is 26.8 Å². The van der Waals surface area contributed by atoms with Crippen LogP contribution in [0.2, 0.25) is 0 Å². The van der Waals surface area contributed by atoms with Crippen molar-refractivity contribution in [2.75, 3.05) is 6.54 Å². The van der Waals surface area contributed by atoms with Gasteiger partial charge in [-0.05, 0) is 26.8 Å². The summed E-state index contributed by atoms with van der Waals surface area (Å²) < 4.78 is 6.69. The zero-order chi connectivity index (χ0) is 14.2. The number of carbonyl (C=O) groups excluding carboxylic acids is 1. The van der Waals surface area contributed by atoms with E-state index >= 15 is 0 Å². The number of carboxylic acid groups (broad SMARTS) is 1. The molecule has 2 heterocycles. The van der Waals surface area contributed by atoms with Gasteiger partial charge >= 0.3 is 12.1 Å². The van der Waals surface area contributed by atoms with Crippen LogP contribution in [0.4, 0.5) is 4.79 Å². The predicted molar refractivity (Wildman–Crippen MR) is 65.5 cm³/mol. The van der Waals surface area contributed by atoms with Crippen molar-refractivity contribution in [2.24, 2.45) is 0 Å². The van der Waals surface area contributed by atoms with Crippen molar-refractivity contribution in [3.05, 3.63) is 18.0 Å².